The summed E-state index contributed by atoms with van der Waals surface area (Å²) in [6.45, 7) is 0.598. The smallest absolute Gasteiger partial charge is 0.284 e. The number of rotatable bonds is 2. The Morgan fingerprint density at radius 3 is 2.45 bits per heavy atom. The lowest BCUT2D eigenvalue weighted by molar-refractivity contribution is 0.631. The van der Waals surface area contributed by atoms with E-state index in [1.807, 2.05) is 31.2 Å². The number of benzene rings is 1. The summed E-state index contributed by atoms with van der Waals surface area (Å²) in [5.74, 6) is 0.753. The van der Waals surface area contributed by atoms with Crippen LogP contribution in [-0.4, -0.2) is 0 Å². The minimum absolute atomic E-state index is 0.753. The number of hydrogen-bond donors (Lipinski definition) is 0. The minimum Gasteiger partial charge on any atom is -0.445 e. The van der Waals surface area contributed by atoms with Crippen molar-refractivity contribution in [3.63, 3.8) is 0 Å². The van der Waals surface area contributed by atoms with Gasteiger partial charge in [-0.3, -0.25) is 0 Å². The van der Waals surface area contributed by atoms with Gasteiger partial charge in [0.05, 0.1) is 0 Å². The molecule has 0 heterocycles. The summed E-state index contributed by atoms with van der Waals surface area (Å²) in [4.78, 5) is 0. The van der Waals surface area contributed by atoms with Gasteiger partial charge in [0.1, 0.15) is 5.75 Å². The molecule has 4 heteroatoms. The second kappa shape index (κ2) is 4.15. The van der Waals surface area contributed by atoms with Gasteiger partial charge in [0.15, 0.2) is 0 Å². The molecule has 1 rings (SSSR count). The van der Waals surface area contributed by atoms with E-state index in [2.05, 4.69) is 0 Å². The van der Waals surface area contributed by atoms with Gasteiger partial charge in [-0.05, 0) is 41.0 Å². The Bertz CT molecular complexity index is 240. The summed E-state index contributed by atoms with van der Waals surface area (Å²) < 4.78 is 5.14. The Kier molecular flexibility index (Phi) is 3.45. The van der Waals surface area contributed by atoms with Crippen molar-refractivity contribution in [3.05, 3.63) is 29.8 Å². The number of aryl methyl sites for hydroxylation is 1. The van der Waals surface area contributed by atoms with Crippen LogP contribution in [-0.2, 0) is 0 Å². The van der Waals surface area contributed by atoms with Crippen LogP contribution in [0.1, 0.15) is 5.56 Å². The SMILES string of the molecule is Cc1ccccc1OP(Cl)Cl. The van der Waals surface area contributed by atoms with E-state index in [0.29, 0.717) is 0 Å². The number of hydrogen-bond acceptors (Lipinski definition) is 1. The van der Waals surface area contributed by atoms with Gasteiger partial charge in [-0.2, -0.15) is 0 Å². The molecule has 0 spiro atoms. The highest BCUT2D eigenvalue weighted by Crippen LogP contribution is 2.48. The highest BCUT2D eigenvalue weighted by Gasteiger charge is 2.03. The van der Waals surface area contributed by atoms with Crippen molar-refractivity contribution < 1.29 is 4.52 Å². The highest BCUT2D eigenvalue weighted by atomic mass is 35.9. The molecule has 0 N–H and O–H groups in total. The van der Waals surface area contributed by atoms with Crippen molar-refractivity contribution in [2.45, 2.75) is 6.92 Å². The zero-order chi connectivity index (χ0) is 8.27. The Labute approximate surface area is 76.7 Å². The molecule has 0 fully saturated rings. The fraction of sp³-hybridized carbons (Fsp3) is 0.143. The molecule has 11 heavy (non-hydrogen) atoms. The lowest BCUT2D eigenvalue weighted by atomic mass is 10.2. The van der Waals surface area contributed by atoms with Crippen LogP contribution in [0.25, 0.3) is 0 Å². The van der Waals surface area contributed by atoms with Gasteiger partial charge in [0.2, 0.25) is 0 Å². The molecule has 0 aliphatic heterocycles. The van der Waals surface area contributed by atoms with Gasteiger partial charge in [0, 0.05) is 0 Å². The third-order valence-corrected chi connectivity index (χ3v) is 2.01. The summed E-state index contributed by atoms with van der Waals surface area (Å²) in [6.07, 6.45) is 0. The van der Waals surface area contributed by atoms with Gasteiger partial charge in [0.25, 0.3) is 6.85 Å². The lowest BCUT2D eigenvalue weighted by Crippen LogP contribution is -1.81. The molecule has 0 atom stereocenters. The zero-order valence-corrected chi connectivity index (χ0v) is 8.33. The van der Waals surface area contributed by atoms with E-state index >= 15 is 0 Å². The molecule has 0 aliphatic rings. The molecule has 0 amide bonds. The first-order chi connectivity index (χ1) is 5.20. The first kappa shape index (κ1) is 9.12. The Hall–Kier alpha value is 0.0300. The molecule has 60 valence electrons. The van der Waals surface area contributed by atoms with Gasteiger partial charge in [-0.1, -0.05) is 18.2 Å². The Morgan fingerprint density at radius 2 is 1.91 bits per heavy atom. The molecule has 1 aromatic rings. The fourth-order valence-corrected chi connectivity index (χ4v) is 1.53. The van der Waals surface area contributed by atoms with Crippen LogP contribution in [0.3, 0.4) is 0 Å². The van der Waals surface area contributed by atoms with E-state index in [0.717, 1.165) is 11.3 Å². The predicted octanol–water partition coefficient (Wildman–Crippen LogP) is 4.08. The molecule has 0 aliphatic carbocycles. The predicted molar refractivity (Wildman–Crippen MR) is 50.4 cm³/mol. The third-order valence-electron chi connectivity index (χ3n) is 1.26. The van der Waals surface area contributed by atoms with Crippen LogP contribution in [0.4, 0.5) is 0 Å². The van der Waals surface area contributed by atoms with Crippen molar-refractivity contribution in [2.24, 2.45) is 0 Å². The summed E-state index contributed by atoms with van der Waals surface area (Å²) in [6, 6.07) is 7.61. The molecule has 0 radical (unpaired) electrons. The molecule has 1 nitrogen and oxygen atoms in total. The van der Waals surface area contributed by atoms with Crippen LogP contribution >= 0.6 is 29.3 Å². The first-order valence-corrected chi connectivity index (χ1v) is 6.12. The van der Waals surface area contributed by atoms with Crippen molar-refractivity contribution in [3.8, 4) is 5.75 Å². The van der Waals surface area contributed by atoms with Crippen molar-refractivity contribution in [1.82, 2.24) is 0 Å². The van der Waals surface area contributed by atoms with E-state index in [1.165, 1.54) is 0 Å². The average Bonchev–Trinajstić information content (AvgIpc) is 1.93. The molecule has 0 aromatic heterocycles. The molecule has 0 saturated carbocycles. The van der Waals surface area contributed by atoms with Crippen LogP contribution in [0.15, 0.2) is 24.3 Å². The maximum atomic E-state index is 5.49. The van der Waals surface area contributed by atoms with E-state index in [4.69, 9.17) is 27.0 Å². The monoisotopic (exact) mass is 208 g/mol. The molecule has 0 saturated heterocycles. The normalized spacial score (nSPS) is 10.2. The second-order valence-electron chi connectivity index (χ2n) is 2.06. The van der Waals surface area contributed by atoms with E-state index < -0.39 is 6.85 Å². The van der Waals surface area contributed by atoms with Crippen molar-refractivity contribution >= 4 is 29.3 Å². The van der Waals surface area contributed by atoms with Crippen LogP contribution in [0, 0.1) is 6.92 Å². The van der Waals surface area contributed by atoms with Crippen LogP contribution in [0.2, 0.25) is 0 Å². The maximum absolute atomic E-state index is 5.49. The quantitative estimate of drug-likeness (QED) is 0.666. The van der Waals surface area contributed by atoms with E-state index in [9.17, 15) is 0 Å². The van der Waals surface area contributed by atoms with Gasteiger partial charge < -0.3 is 4.52 Å². The van der Waals surface area contributed by atoms with Gasteiger partial charge in [-0.25, -0.2) is 0 Å². The lowest BCUT2D eigenvalue weighted by Gasteiger charge is -2.06. The zero-order valence-electron chi connectivity index (χ0n) is 5.92. The second-order valence-corrected chi connectivity index (χ2v) is 5.01. The topological polar surface area (TPSA) is 9.23 Å². The highest BCUT2D eigenvalue weighted by molar-refractivity contribution is 8.00. The minimum atomic E-state index is -1.35. The molecule has 0 unspecified atom stereocenters. The summed E-state index contributed by atoms with van der Waals surface area (Å²) in [7, 11) is 0. The molecule has 1 aromatic carbocycles. The standard InChI is InChI=1S/C7H7Cl2OP/c1-6-4-2-3-5-7(6)10-11(8)9/h2-5H,1H3. The molecule has 0 bridgehead atoms. The number of para-hydroxylation sites is 1. The molecular formula is C7H7Cl2OP. The maximum Gasteiger partial charge on any atom is 0.284 e. The first-order valence-electron chi connectivity index (χ1n) is 3.05. The average molecular weight is 209 g/mol. The summed E-state index contributed by atoms with van der Waals surface area (Å²) in [5, 5.41) is 0. The Balaban J connectivity index is 2.78. The summed E-state index contributed by atoms with van der Waals surface area (Å²) in [5.41, 5.74) is 1.04. The third kappa shape index (κ3) is 2.86. The van der Waals surface area contributed by atoms with E-state index in [-0.39, 0.29) is 0 Å². The Morgan fingerprint density at radius 1 is 1.27 bits per heavy atom. The van der Waals surface area contributed by atoms with Gasteiger partial charge >= 0.3 is 0 Å². The van der Waals surface area contributed by atoms with E-state index in [1.54, 1.807) is 0 Å². The van der Waals surface area contributed by atoms with Crippen LogP contribution < -0.4 is 4.52 Å². The number of halogens is 2. The van der Waals surface area contributed by atoms with Gasteiger partial charge in [-0.15, -0.1) is 0 Å². The van der Waals surface area contributed by atoms with Crippen molar-refractivity contribution in [2.75, 3.05) is 0 Å². The van der Waals surface area contributed by atoms with Crippen LogP contribution in [0.5, 0.6) is 5.75 Å². The summed E-state index contributed by atoms with van der Waals surface area (Å²) >= 11 is 11.0. The van der Waals surface area contributed by atoms with Crippen molar-refractivity contribution in [1.29, 1.82) is 0 Å². The largest absolute Gasteiger partial charge is 0.445 e. The fourth-order valence-electron chi connectivity index (χ4n) is 0.733. The molecular weight excluding hydrogens is 202 g/mol.